The molecule has 1 heterocycles. The van der Waals surface area contributed by atoms with Gasteiger partial charge in [-0.05, 0) is 42.0 Å². The number of carbonyl (C=O) groups excluding carboxylic acids is 1. The topological polar surface area (TPSA) is 132 Å². The zero-order valence-corrected chi connectivity index (χ0v) is 21.7. The zero-order valence-electron chi connectivity index (χ0n) is 20.9. The predicted octanol–water partition coefficient (Wildman–Crippen LogP) is 5.72. The van der Waals surface area contributed by atoms with Crippen LogP contribution in [0.25, 0.3) is 17.3 Å². The van der Waals surface area contributed by atoms with E-state index in [0.717, 1.165) is 5.56 Å². The number of nitro benzene ring substituents is 1. The van der Waals surface area contributed by atoms with Gasteiger partial charge < -0.3 is 14.8 Å². The van der Waals surface area contributed by atoms with Crippen molar-refractivity contribution in [2.45, 2.75) is 6.54 Å². The number of nitrogens with zero attached hydrogens (tertiary/aromatic N) is 4. The minimum absolute atomic E-state index is 0.0248. The van der Waals surface area contributed by atoms with Crippen LogP contribution in [0.1, 0.15) is 11.1 Å². The number of benzene rings is 3. The van der Waals surface area contributed by atoms with Crippen molar-refractivity contribution in [1.29, 1.82) is 5.26 Å². The lowest BCUT2D eigenvalue weighted by atomic mass is 10.0. The van der Waals surface area contributed by atoms with Crippen molar-refractivity contribution in [3.05, 3.63) is 105 Å². The van der Waals surface area contributed by atoms with Crippen molar-refractivity contribution in [1.82, 2.24) is 9.78 Å². The van der Waals surface area contributed by atoms with Gasteiger partial charge in [-0.15, -0.1) is 0 Å². The molecule has 0 saturated carbocycles. The normalized spacial score (nSPS) is 11.0. The van der Waals surface area contributed by atoms with E-state index in [1.54, 1.807) is 41.2 Å². The number of rotatable bonds is 9. The Morgan fingerprint density at radius 3 is 2.54 bits per heavy atom. The molecule has 0 bridgehead atoms. The summed E-state index contributed by atoms with van der Waals surface area (Å²) < 4.78 is 12.4. The molecule has 0 aliphatic rings. The van der Waals surface area contributed by atoms with E-state index in [-0.39, 0.29) is 16.9 Å². The molecule has 4 aromatic rings. The monoisotopic (exact) mass is 543 g/mol. The molecular weight excluding hydrogens is 522 g/mol. The van der Waals surface area contributed by atoms with Gasteiger partial charge in [-0.3, -0.25) is 19.6 Å². The number of nitrogens with one attached hydrogen (secondary N) is 1. The smallest absolute Gasteiger partial charge is 0.292 e. The third-order valence-corrected chi connectivity index (χ3v) is 6.12. The SMILES string of the molecule is COc1ccc(-c2nn(Cc3ccccc3Cl)cc2C=C(C#N)C(=O)Nc2ccccc2[N+](=O)[O-])cc1OC. The maximum atomic E-state index is 13.0. The van der Waals surface area contributed by atoms with Gasteiger partial charge in [-0.2, -0.15) is 10.4 Å². The molecule has 196 valence electrons. The molecule has 0 fully saturated rings. The summed E-state index contributed by atoms with van der Waals surface area (Å²) in [5.41, 5.74) is 1.81. The summed E-state index contributed by atoms with van der Waals surface area (Å²) in [6.07, 6.45) is 3.07. The molecule has 1 amide bonds. The molecule has 4 rings (SSSR count). The van der Waals surface area contributed by atoms with Crippen molar-refractivity contribution in [3.8, 4) is 28.8 Å². The number of ether oxygens (including phenoxy) is 2. The summed E-state index contributed by atoms with van der Waals surface area (Å²) in [5.74, 6) is 0.194. The molecule has 0 atom stereocenters. The second-order valence-electron chi connectivity index (χ2n) is 8.19. The number of nitriles is 1. The second kappa shape index (κ2) is 11.9. The number of hydrogen-bond donors (Lipinski definition) is 1. The fourth-order valence-electron chi connectivity index (χ4n) is 3.86. The van der Waals surface area contributed by atoms with Crippen LogP contribution < -0.4 is 14.8 Å². The molecule has 10 nitrogen and oxygen atoms in total. The molecule has 0 spiro atoms. The first kappa shape index (κ1) is 26.9. The highest BCUT2D eigenvalue weighted by Crippen LogP contribution is 2.34. The van der Waals surface area contributed by atoms with Gasteiger partial charge in [0.2, 0.25) is 0 Å². The van der Waals surface area contributed by atoms with Crippen LogP contribution in [0, 0.1) is 21.4 Å². The Kier molecular flexibility index (Phi) is 8.24. The van der Waals surface area contributed by atoms with Crippen LogP contribution in [0.3, 0.4) is 0 Å². The zero-order chi connectivity index (χ0) is 27.9. The van der Waals surface area contributed by atoms with Crippen LogP contribution in [0.15, 0.2) is 78.5 Å². The van der Waals surface area contributed by atoms with E-state index in [1.807, 2.05) is 24.3 Å². The van der Waals surface area contributed by atoms with E-state index in [9.17, 15) is 20.2 Å². The van der Waals surface area contributed by atoms with Crippen molar-refractivity contribution in [3.63, 3.8) is 0 Å². The molecular formula is C28H22ClN5O5. The number of carbonyl (C=O) groups is 1. The number of para-hydroxylation sites is 2. The summed E-state index contributed by atoms with van der Waals surface area (Å²) in [6, 6.07) is 20.1. The third-order valence-electron chi connectivity index (χ3n) is 5.75. The van der Waals surface area contributed by atoms with E-state index in [2.05, 4.69) is 5.32 Å². The van der Waals surface area contributed by atoms with Crippen LogP contribution >= 0.6 is 11.6 Å². The number of anilines is 1. The van der Waals surface area contributed by atoms with E-state index in [0.29, 0.717) is 39.9 Å². The van der Waals surface area contributed by atoms with Gasteiger partial charge in [-0.1, -0.05) is 41.9 Å². The molecule has 0 aliphatic carbocycles. The fraction of sp³-hybridized carbons (Fsp3) is 0.107. The van der Waals surface area contributed by atoms with E-state index >= 15 is 0 Å². The number of halogens is 1. The lowest BCUT2D eigenvalue weighted by Crippen LogP contribution is -2.14. The molecule has 0 saturated heterocycles. The Labute approximate surface area is 228 Å². The highest BCUT2D eigenvalue weighted by Gasteiger charge is 2.20. The summed E-state index contributed by atoms with van der Waals surface area (Å²) in [6.45, 7) is 0.331. The number of aromatic nitrogens is 2. The van der Waals surface area contributed by atoms with Gasteiger partial charge in [0, 0.05) is 28.4 Å². The Bertz CT molecular complexity index is 1620. The largest absolute Gasteiger partial charge is 0.493 e. The highest BCUT2D eigenvalue weighted by atomic mass is 35.5. The minimum Gasteiger partial charge on any atom is -0.493 e. The summed E-state index contributed by atoms with van der Waals surface area (Å²) in [4.78, 5) is 23.7. The van der Waals surface area contributed by atoms with Crippen molar-refractivity contribution >= 4 is 35.0 Å². The van der Waals surface area contributed by atoms with Crippen LogP contribution in [0.5, 0.6) is 11.5 Å². The molecule has 11 heteroatoms. The minimum atomic E-state index is -0.802. The Morgan fingerprint density at radius 2 is 1.85 bits per heavy atom. The molecule has 1 N–H and O–H groups in total. The standard InChI is InChI=1S/C28H22ClN5O5/c1-38-25-12-11-18(14-26(25)39-2)27-21(17-33(32-27)16-19-7-3-4-8-22(19)29)13-20(15-30)28(35)31-23-9-5-6-10-24(23)34(36)37/h3-14,17H,16H2,1-2H3,(H,31,35). The van der Waals surface area contributed by atoms with E-state index in [1.165, 1.54) is 38.5 Å². The van der Waals surface area contributed by atoms with Gasteiger partial charge in [0.05, 0.1) is 31.4 Å². The maximum Gasteiger partial charge on any atom is 0.292 e. The lowest BCUT2D eigenvalue weighted by molar-refractivity contribution is -0.383. The van der Waals surface area contributed by atoms with Gasteiger partial charge in [0.1, 0.15) is 17.3 Å². The van der Waals surface area contributed by atoms with Crippen LogP contribution in [0.4, 0.5) is 11.4 Å². The van der Waals surface area contributed by atoms with Crippen LogP contribution in [-0.4, -0.2) is 34.8 Å². The molecule has 0 aliphatic heterocycles. The predicted molar refractivity (Wildman–Crippen MR) is 147 cm³/mol. The first-order valence-electron chi connectivity index (χ1n) is 11.5. The van der Waals surface area contributed by atoms with Gasteiger partial charge in [-0.25, -0.2) is 0 Å². The van der Waals surface area contributed by atoms with Crippen molar-refractivity contribution in [2.24, 2.45) is 0 Å². The Morgan fingerprint density at radius 1 is 1.13 bits per heavy atom. The summed E-state index contributed by atoms with van der Waals surface area (Å²) in [7, 11) is 3.04. The average Bonchev–Trinajstić information content (AvgIpc) is 3.34. The quantitative estimate of drug-likeness (QED) is 0.123. The first-order valence-corrected chi connectivity index (χ1v) is 11.9. The number of hydrogen-bond acceptors (Lipinski definition) is 7. The Hall–Kier alpha value is -5.14. The molecule has 1 aromatic heterocycles. The van der Waals surface area contributed by atoms with Crippen LogP contribution in [-0.2, 0) is 11.3 Å². The molecule has 39 heavy (non-hydrogen) atoms. The maximum absolute atomic E-state index is 13.0. The third kappa shape index (κ3) is 6.06. The fourth-order valence-corrected chi connectivity index (χ4v) is 4.06. The molecule has 0 unspecified atom stereocenters. The van der Waals surface area contributed by atoms with Gasteiger partial charge in [0.15, 0.2) is 11.5 Å². The number of methoxy groups -OCH3 is 2. The van der Waals surface area contributed by atoms with Crippen molar-refractivity contribution < 1.29 is 19.2 Å². The highest BCUT2D eigenvalue weighted by molar-refractivity contribution is 6.31. The number of nitro groups is 1. The second-order valence-corrected chi connectivity index (χ2v) is 8.60. The van der Waals surface area contributed by atoms with Crippen molar-refractivity contribution in [2.75, 3.05) is 19.5 Å². The average molecular weight is 544 g/mol. The van der Waals surface area contributed by atoms with E-state index < -0.39 is 10.8 Å². The summed E-state index contributed by atoms with van der Waals surface area (Å²) in [5, 5.41) is 28.9. The lowest BCUT2D eigenvalue weighted by Gasteiger charge is -2.09. The number of amides is 1. The first-order chi connectivity index (χ1) is 18.8. The molecule has 0 radical (unpaired) electrons. The molecule has 3 aromatic carbocycles. The van der Waals surface area contributed by atoms with E-state index in [4.69, 9.17) is 26.2 Å². The van der Waals surface area contributed by atoms with Crippen LogP contribution in [0.2, 0.25) is 5.02 Å². The van der Waals surface area contributed by atoms with Gasteiger partial charge >= 0.3 is 0 Å². The Balaban J connectivity index is 1.77. The van der Waals surface area contributed by atoms with Gasteiger partial charge in [0.25, 0.3) is 11.6 Å². The summed E-state index contributed by atoms with van der Waals surface area (Å²) >= 11 is 6.34.